The van der Waals surface area contributed by atoms with Crippen LogP contribution in [0.15, 0.2) is 177 Å². The molecular formula is C86H91F6N21O4. The zero-order valence-corrected chi connectivity index (χ0v) is 65.5. The average molecular weight is 1600 g/mol. The largest absolute Gasteiger partial charge is 0.496 e. The topological polar surface area (TPSA) is 216 Å². The van der Waals surface area contributed by atoms with E-state index in [0.717, 1.165) is 140 Å². The normalized spacial score (nSPS) is 18.3. The SMILES string of the molecule is CN1CCN(Cc2ccc(C(=O)Nc3cnn4ccc(N5CCCC5c5cc(F)ccc5F)nc34)cc2)CC1.CN1CCN(c2ccc(C(=O)Nc3cnn4ccc(N5CCCC5c5cc(F)ccc5F)nc34)cc2)CC1.COc1cc(N2CCN(C)CC2)ccc1C(=O)Nc1cnn2ccc(N3CCCC3c3cc(F)ccc3F)nc12. The fraction of sp³-hybridized carbons (Fsp3) is 0.337. The molecule has 0 saturated carbocycles. The summed E-state index contributed by atoms with van der Waals surface area (Å²) in [7, 11) is 7.92. The highest BCUT2D eigenvalue weighted by Crippen LogP contribution is 2.41. The Balaban J connectivity index is 0.000000131. The monoisotopic (exact) mass is 1600 g/mol. The van der Waals surface area contributed by atoms with E-state index in [-0.39, 0.29) is 35.8 Å². The van der Waals surface area contributed by atoms with Gasteiger partial charge in [-0.3, -0.25) is 19.3 Å². The smallest absolute Gasteiger partial charge is 0.259 e. The summed E-state index contributed by atoms with van der Waals surface area (Å²) >= 11 is 0. The number of aromatic nitrogens is 9. The van der Waals surface area contributed by atoms with Crippen molar-refractivity contribution in [2.75, 3.05) is 167 Å². The van der Waals surface area contributed by atoms with Gasteiger partial charge in [0.15, 0.2) is 16.9 Å². The maximum atomic E-state index is 14.6. The summed E-state index contributed by atoms with van der Waals surface area (Å²) in [5, 5.41) is 21.8. The van der Waals surface area contributed by atoms with Gasteiger partial charge in [-0.2, -0.15) is 15.3 Å². The Morgan fingerprint density at radius 3 is 1.15 bits per heavy atom. The lowest BCUT2D eigenvalue weighted by Crippen LogP contribution is -2.44. The van der Waals surface area contributed by atoms with Gasteiger partial charge in [0.2, 0.25) is 0 Å². The van der Waals surface area contributed by atoms with Gasteiger partial charge in [0.1, 0.15) is 75.2 Å². The molecule has 12 aromatic rings. The lowest BCUT2D eigenvalue weighted by Gasteiger charge is -2.34. The Hall–Kier alpha value is -12.2. The Bertz CT molecular complexity index is 5570. The molecule has 606 valence electrons. The van der Waals surface area contributed by atoms with E-state index in [1.54, 1.807) is 82.1 Å². The number of ether oxygens (including phenoxy) is 1. The molecular weight excluding hydrogens is 1510 g/mol. The van der Waals surface area contributed by atoms with Crippen molar-refractivity contribution in [3.63, 3.8) is 0 Å². The van der Waals surface area contributed by atoms with Gasteiger partial charge in [0.05, 0.1) is 49.4 Å². The van der Waals surface area contributed by atoms with Gasteiger partial charge in [-0.1, -0.05) is 12.1 Å². The van der Waals surface area contributed by atoms with E-state index in [9.17, 15) is 40.7 Å². The summed E-state index contributed by atoms with van der Waals surface area (Å²) in [6, 6.07) is 36.0. The molecule has 3 N–H and O–H groups in total. The number of nitrogens with one attached hydrogen (secondary N) is 3. The predicted molar refractivity (Wildman–Crippen MR) is 438 cm³/mol. The first-order valence-corrected chi connectivity index (χ1v) is 39.6. The third-order valence-electron chi connectivity index (χ3n) is 22.9. The molecule has 3 amide bonds. The summed E-state index contributed by atoms with van der Waals surface area (Å²) in [4.78, 5) is 73.6. The van der Waals surface area contributed by atoms with E-state index < -0.39 is 34.9 Å². The number of hydrogen-bond acceptors (Lipinski definition) is 19. The zero-order valence-electron chi connectivity index (χ0n) is 65.5. The van der Waals surface area contributed by atoms with E-state index >= 15 is 0 Å². The summed E-state index contributed by atoms with van der Waals surface area (Å²) < 4.78 is 95.8. The first kappa shape index (κ1) is 78.7. The second-order valence-corrected chi connectivity index (χ2v) is 30.5. The molecule has 6 fully saturated rings. The number of piperazine rings is 3. The van der Waals surface area contributed by atoms with Crippen LogP contribution in [0.2, 0.25) is 0 Å². The number of carbonyl (C=O) groups is 3. The van der Waals surface area contributed by atoms with Crippen molar-refractivity contribution in [1.29, 1.82) is 0 Å². The van der Waals surface area contributed by atoms with Gasteiger partial charge in [-0.05, 0) is 187 Å². The van der Waals surface area contributed by atoms with Crippen LogP contribution in [-0.4, -0.2) is 208 Å². The van der Waals surface area contributed by atoms with Crippen molar-refractivity contribution in [3.05, 3.63) is 251 Å². The van der Waals surface area contributed by atoms with Crippen molar-refractivity contribution in [2.45, 2.75) is 63.2 Å². The van der Waals surface area contributed by atoms with Crippen LogP contribution in [0.25, 0.3) is 16.9 Å². The summed E-state index contributed by atoms with van der Waals surface area (Å²) in [5.41, 5.74) is 8.56. The number of halogens is 6. The molecule has 12 heterocycles. The number of methoxy groups -OCH3 is 1. The molecule has 6 aliphatic heterocycles. The fourth-order valence-corrected chi connectivity index (χ4v) is 16.3. The molecule has 31 heteroatoms. The van der Waals surface area contributed by atoms with Crippen molar-refractivity contribution in [2.24, 2.45) is 0 Å². The van der Waals surface area contributed by atoms with Crippen molar-refractivity contribution < 1.29 is 45.5 Å². The van der Waals surface area contributed by atoms with Gasteiger partial charge in [-0.15, -0.1) is 0 Å². The van der Waals surface area contributed by atoms with Crippen LogP contribution in [0.3, 0.4) is 0 Å². The predicted octanol–water partition coefficient (Wildman–Crippen LogP) is 13.1. The lowest BCUT2D eigenvalue weighted by molar-refractivity contribution is 0.101. The van der Waals surface area contributed by atoms with Crippen LogP contribution in [0.4, 0.5) is 72.2 Å². The van der Waals surface area contributed by atoms with Gasteiger partial charge in [0, 0.05) is 169 Å². The molecule has 6 aromatic heterocycles. The van der Waals surface area contributed by atoms with Crippen molar-refractivity contribution in [1.82, 2.24) is 63.4 Å². The lowest BCUT2D eigenvalue weighted by atomic mass is 10.0. The summed E-state index contributed by atoms with van der Waals surface area (Å²) in [6.45, 7) is 14.8. The second-order valence-electron chi connectivity index (χ2n) is 30.5. The van der Waals surface area contributed by atoms with Crippen LogP contribution in [0.5, 0.6) is 5.75 Å². The highest BCUT2D eigenvalue weighted by molar-refractivity contribution is 6.08. The molecule has 6 aliphatic rings. The highest BCUT2D eigenvalue weighted by Gasteiger charge is 2.34. The van der Waals surface area contributed by atoms with Crippen LogP contribution in [-0.2, 0) is 6.54 Å². The number of amides is 3. The van der Waals surface area contributed by atoms with Gasteiger partial charge in [-0.25, -0.2) is 54.8 Å². The molecule has 6 aromatic carbocycles. The number of anilines is 8. The minimum Gasteiger partial charge on any atom is -0.496 e. The minimum absolute atomic E-state index is 0.246. The summed E-state index contributed by atoms with van der Waals surface area (Å²) in [6.07, 6.45) is 14.5. The van der Waals surface area contributed by atoms with Crippen molar-refractivity contribution in [3.8, 4) is 5.75 Å². The Morgan fingerprint density at radius 1 is 0.402 bits per heavy atom. The molecule has 0 spiro atoms. The first-order valence-electron chi connectivity index (χ1n) is 39.6. The number of benzene rings is 6. The molecule has 6 saturated heterocycles. The van der Waals surface area contributed by atoms with E-state index in [2.05, 4.69) is 81.8 Å². The van der Waals surface area contributed by atoms with Crippen molar-refractivity contribution >= 4 is 80.6 Å². The minimum atomic E-state index is -0.473. The Morgan fingerprint density at radius 2 is 0.761 bits per heavy atom. The number of hydrogen-bond donors (Lipinski definition) is 3. The van der Waals surface area contributed by atoms with Crippen LogP contribution < -0.4 is 45.2 Å². The third kappa shape index (κ3) is 17.5. The molecule has 25 nitrogen and oxygen atoms in total. The summed E-state index contributed by atoms with van der Waals surface area (Å²) in [5.74, 6) is -1.21. The number of likely N-dealkylation sites (N-methyl/N-ethyl adjacent to an activating group) is 3. The van der Waals surface area contributed by atoms with E-state index in [1.807, 2.05) is 75.4 Å². The van der Waals surface area contributed by atoms with Gasteiger partial charge >= 0.3 is 0 Å². The number of rotatable bonds is 17. The number of fused-ring (bicyclic) bond motifs is 3. The first-order chi connectivity index (χ1) is 56.8. The maximum Gasteiger partial charge on any atom is 0.259 e. The molecule has 0 radical (unpaired) electrons. The molecule has 0 bridgehead atoms. The molecule has 18 rings (SSSR count). The third-order valence-corrected chi connectivity index (χ3v) is 22.9. The van der Waals surface area contributed by atoms with Crippen LogP contribution in [0, 0.1) is 34.9 Å². The van der Waals surface area contributed by atoms with E-state index in [4.69, 9.17) is 19.7 Å². The highest BCUT2D eigenvalue weighted by atomic mass is 19.1. The maximum absolute atomic E-state index is 14.6. The molecule has 0 aliphatic carbocycles. The van der Waals surface area contributed by atoms with E-state index in [0.29, 0.717) is 129 Å². The van der Waals surface area contributed by atoms with Gasteiger partial charge < -0.3 is 59.9 Å². The van der Waals surface area contributed by atoms with Crippen LogP contribution in [0.1, 0.15) is 110 Å². The fourth-order valence-electron chi connectivity index (χ4n) is 16.3. The zero-order chi connectivity index (χ0) is 81.0. The van der Waals surface area contributed by atoms with Crippen LogP contribution >= 0.6 is 0 Å². The number of carbonyl (C=O) groups excluding carboxylic acids is 3. The Labute approximate surface area is 672 Å². The number of nitrogens with zero attached hydrogens (tertiary/aromatic N) is 18. The molecule has 3 unspecified atom stereocenters. The standard InChI is InChI=1S/C29H31F2N7O2.C29H31F2N7O.C28H29F2N7O/c1-35-12-14-36(15-13-35)20-6-7-21(26(17-20)40-2)29(39)33-24-18-32-38-11-9-27(34-28(24)38)37-10-3-4-25(37)22-16-19(30)5-8-23(22)31;1-35-13-15-36(16-14-35)19-20-4-6-21(7-5-20)29(39)33-25-18-32-38-12-10-27(34-28(25)38)37-11-2-3-26(37)23-17-22(30)8-9-24(23)31;1-34-13-15-35(16-14-34)21-7-4-19(5-8-21)28(38)32-24-18-31-37-12-10-26(33-27(24)37)36-11-2-3-25(36)22-17-20(29)6-9-23(22)30/h5-9,11,16-18,25H,3-4,10,12-15H2,1-2H3,(H,33,39);4-10,12,17-18,26H,2-3,11,13-16,19H2,1H3,(H,33,39);4-10,12,17-18,25H,2-3,11,13-16H2,1H3,(H,32,38). The second kappa shape index (κ2) is 34.7. The molecule has 3 atom stereocenters. The van der Waals surface area contributed by atoms with Gasteiger partial charge in [0.25, 0.3) is 17.7 Å². The Kier molecular flexibility index (Phi) is 23.3. The quantitative estimate of drug-likeness (QED) is 0.0722. The van der Waals surface area contributed by atoms with E-state index in [1.165, 1.54) is 35.9 Å². The molecule has 117 heavy (non-hydrogen) atoms. The average Bonchev–Trinajstić information content (AvgIpc) is 1.65.